The first-order valence-electron chi connectivity index (χ1n) is 15.8. The Bertz CT molecular complexity index is 772. The fraction of sp³-hybridized carbons (Fsp3) is 0.727. The van der Waals surface area contributed by atoms with E-state index in [1.807, 2.05) is 0 Å². The number of rotatable bonds is 24. The number of unbranched alkanes of at least 4 members (excludes halogenated alkanes) is 15. The van der Waals surface area contributed by atoms with Crippen LogP contribution in [-0.4, -0.2) is 51.7 Å². The lowest BCUT2D eigenvalue weighted by molar-refractivity contribution is 0.0649. The third-order valence-electron chi connectivity index (χ3n) is 7.21. The summed E-state index contributed by atoms with van der Waals surface area (Å²) < 4.78 is 0. The quantitative estimate of drug-likeness (QED) is 0.0828. The van der Waals surface area contributed by atoms with E-state index in [0.29, 0.717) is 7.92 Å². The largest absolute Gasteiger partial charge is 0.478 e. The highest BCUT2D eigenvalue weighted by Gasteiger charge is 2.18. The molecule has 0 saturated carbocycles. The molecule has 0 amide bonds. The maximum Gasteiger partial charge on any atom is 0.336 e. The van der Waals surface area contributed by atoms with Crippen LogP contribution >= 0.6 is 7.92 Å². The predicted octanol–water partition coefficient (Wildman–Crippen LogP) is 10.3. The van der Waals surface area contributed by atoms with Crippen molar-refractivity contribution in [2.75, 3.05) is 18.5 Å². The van der Waals surface area contributed by atoms with Crippen LogP contribution in [0.25, 0.3) is 0 Å². The molecule has 230 valence electrons. The van der Waals surface area contributed by atoms with Crippen molar-refractivity contribution >= 4 is 25.8 Å². The molecule has 0 atom stereocenters. The maximum absolute atomic E-state index is 10.6. The van der Waals surface area contributed by atoms with E-state index in [1.54, 1.807) is 18.5 Å². The van der Waals surface area contributed by atoms with Gasteiger partial charge in [0.15, 0.2) is 0 Å². The molecule has 0 bridgehead atoms. The van der Waals surface area contributed by atoms with E-state index >= 15 is 0 Å². The highest BCUT2D eigenvalue weighted by molar-refractivity contribution is 7.57. The second kappa shape index (κ2) is 26.0. The Labute approximate surface area is 245 Å². The lowest BCUT2D eigenvalue weighted by atomic mass is 10.0. The van der Waals surface area contributed by atoms with Crippen LogP contribution in [0, 0.1) is 0 Å². The zero-order valence-corrected chi connectivity index (χ0v) is 26.5. The standard InChI is InChI=1S/C24H51P.C9H6O6/c1-4-7-10-13-16-19-22-25(23-20-17-14-11-8-5-2)24-21-18-15-12-9-6-3;10-7(11)4-1-2-5(8(12)13)6(3-4)9(14)15/h4-24H2,1-3H3;1-3H,(H,10,11)(H,12,13)(H,14,15). The van der Waals surface area contributed by atoms with Gasteiger partial charge in [0.2, 0.25) is 0 Å². The molecule has 0 fully saturated rings. The molecule has 1 aromatic rings. The second-order valence-corrected chi connectivity index (χ2v) is 13.5. The predicted molar refractivity (Wildman–Crippen MR) is 169 cm³/mol. The van der Waals surface area contributed by atoms with Crippen molar-refractivity contribution in [1.82, 2.24) is 0 Å². The van der Waals surface area contributed by atoms with Gasteiger partial charge in [0.1, 0.15) is 0 Å². The van der Waals surface area contributed by atoms with Gasteiger partial charge < -0.3 is 15.3 Å². The van der Waals surface area contributed by atoms with Gasteiger partial charge in [-0.2, -0.15) is 0 Å². The van der Waals surface area contributed by atoms with E-state index in [-0.39, 0.29) is 5.56 Å². The van der Waals surface area contributed by atoms with Gasteiger partial charge in [-0.25, -0.2) is 14.4 Å². The van der Waals surface area contributed by atoms with Gasteiger partial charge in [0.25, 0.3) is 0 Å². The smallest absolute Gasteiger partial charge is 0.336 e. The lowest BCUT2D eigenvalue weighted by Crippen LogP contribution is -2.10. The van der Waals surface area contributed by atoms with Gasteiger partial charge in [-0.15, -0.1) is 7.92 Å². The van der Waals surface area contributed by atoms with Crippen LogP contribution in [0.2, 0.25) is 0 Å². The molecule has 0 saturated heterocycles. The first kappa shape index (κ1) is 38.1. The summed E-state index contributed by atoms with van der Waals surface area (Å²) in [5.41, 5.74) is -1.24. The zero-order valence-electron chi connectivity index (χ0n) is 25.6. The van der Waals surface area contributed by atoms with Gasteiger partial charge in [-0.05, 0) is 55.9 Å². The van der Waals surface area contributed by atoms with Crippen LogP contribution in [0.5, 0.6) is 0 Å². The highest BCUT2D eigenvalue weighted by Crippen LogP contribution is 2.39. The lowest BCUT2D eigenvalue weighted by Gasteiger charge is -2.18. The Kier molecular flexibility index (Phi) is 24.7. The van der Waals surface area contributed by atoms with Crippen molar-refractivity contribution in [2.24, 2.45) is 0 Å². The Balaban J connectivity index is 0.000000858. The molecule has 0 aliphatic heterocycles. The molecule has 1 aromatic carbocycles. The molecule has 0 aromatic heterocycles. The van der Waals surface area contributed by atoms with E-state index < -0.39 is 29.0 Å². The Morgan fingerprint density at radius 3 is 1.18 bits per heavy atom. The summed E-state index contributed by atoms with van der Waals surface area (Å²) >= 11 is 0. The number of carbonyl (C=O) groups is 3. The molecule has 0 unspecified atom stereocenters. The number of aromatic carboxylic acids is 3. The van der Waals surface area contributed by atoms with Crippen LogP contribution in [0.3, 0.4) is 0 Å². The summed E-state index contributed by atoms with van der Waals surface area (Å²) in [6.45, 7) is 6.96. The first-order valence-corrected chi connectivity index (χ1v) is 17.7. The van der Waals surface area contributed by atoms with Crippen LogP contribution in [0.4, 0.5) is 0 Å². The number of carboxylic acids is 3. The van der Waals surface area contributed by atoms with Gasteiger partial charge in [0.05, 0.1) is 16.7 Å². The summed E-state index contributed by atoms with van der Waals surface area (Å²) in [6.07, 6.45) is 31.2. The summed E-state index contributed by atoms with van der Waals surface area (Å²) in [7, 11) is 0.366. The Hall–Kier alpha value is -1.94. The van der Waals surface area contributed by atoms with Crippen LogP contribution in [0.1, 0.15) is 167 Å². The third kappa shape index (κ3) is 20.0. The minimum Gasteiger partial charge on any atom is -0.478 e. The second-order valence-electron chi connectivity index (χ2n) is 10.8. The summed E-state index contributed by atoms with van der Waals surface area (Å²) in [5.74, 6) is -4.20. The zero-order chi connectivity index (χ0) is 30.0. The fourth-order valence-corrected chi connectivity index (χ4v) is 7.41. The van der Waals surface area contributed by atoms with Crippen molar-refractivity contribution in [3.8, 4) is 0 Å². The molecule has 3 N–H and O–H groups in total. The summed E-state index contributed by atoms with van der Waals surface area (Å²) in [6, 6.07) is 2.81. The van der Waals surface area contributed by atoms with Crippen LogP contribution in [-0.2, 0) is 0 Å². The van der Waals surface area contributed by atoms with Crippen molar-refractivity contribution in [3.63, 3.8) is 0 Å². The van der Waals surface area contributed by atoms with Crippen molar-refractivity contribution in [2.45, 2.75) is 136 Å². The molecular weight excluding hydrogens is 523 g/mol. The molecule has 6 nitrogen and oxygen atoms in total. The Morgan fingerprint density at radius 2 is 0.850 bits per heavy atom. The van der Waals surface area contributed by atoms with Crippen LogP contribution in [0.15, 0.2) is 18.2 Å². The molecule has 7 heteroatoms. The number of hydrogen-bond donors (Lipinski definition) is 3. The van der Waals surface area contributed by atoms with Crippen LogP contribution < -0.4 is 0 Å². The summed E-state index contributed by atoms with van der Waals surface area (Å²) in [5, 5.41) is 25.9. The molecule has 0 heterocycles. The minimum atomic E-state index is -1.48. The Morgan fingerprint density at radius 1 is 0.500 bits per heavy atom. The third-order valence-corrected chi connectivity index (χ3v) is 10.1. The SMILES string of the molecule is CCCCCCCCP(CCCCCCCC)CCCCCCCC.O=C(O)c1ccc(C(=O)O)c(C(=O)O)c1. The van der Waals surface area contributed by atoms with Crippen molar-refractivity contribution < 1.29 is 29.7 Å². The first-order chi connectivity index (χ1) is 19.3. The number of hydrogen-bond acceptors (Lipinski definition) is 3. The molecule has 1 rings (SSSR count). The normalized spacial score (nSPS) is 10.8. The average molecular weight is 581 g/mol. The van der Waals surface area contributed by atoms with Crippen molar-refractivity contribution in [1.29, 1.82) is 0 Å². The molecule has 40 heavy (non-hydrogen) atoms. The number of benzene rings is 1. The maximum atomic E-state index is 10.6. The highest BCUT2D eigenvalue weighted by atomic mass is 31.1. The number of carboxylic acid groups (broad SMARTS) is 3. The fourth-order valence-electron chi connectivity index (χ4n) is 4.72. The average Bonchev–Trinajstić information content (AvgIpc) is 2.93. The van der Waals surface area contributed by atoms with E-state index in [2.05, 4.69) is 20.8 Å². The van der Waals surface area contributed by atoms with E-state index in [4.69, 9.17) is 15.3 Å². The molecule has 0 aliphatic rings. The topological polar surface area (TPSA) is 112 Å². The van der Waals surface area contributed by atoms with Gasteiger partial charge >= 0.3 is 17.9 Å². The van der Waals surface area contributed by atoms with Gasteiger partial charge in [-0.1, -0.05) is 117 Å². The van der Waals surface area contributed by atoms with Crippen molar-refractivity contribution in [3.05, 3.63) is 34.9 Å². The van der Waals surface area contributed by atoms with Gasteiger partial charge in [-0.3, -0.25) is 0 Å². The molecular formula is C33H57O6P. The molecule has 0 aliphatic carbocycles. The monoisotopic (exact) mass is 580 g/mol. The minimum absolute atomic E-state index is 0.266. The summed E-state index contributed by atoms with van der Waals surface area (Å²) in [4.78, 5) is 31.8. The van der Waals surface area contributed by atoms with E-state index in [1.165, 1.54) is 116 Å². The van der Waals surface area contributed by atoms with E-state index in [0.717, 1.165) is 18.2 Å². The van der Waals surface area contributed by atoms with Gasteiger partial charge in [0, 0.05) is 0 Å². The van der Waals surface area contributed by atoms with E-state index in [9.17, 15) is 14.4 Å². The molecule has 0 radical (unpaired) electrons. The molecule has 0 spiro atoms.